The Kier molecular flexibility index (Phi) is 4.42. The van der Waals surface area contributed by atoms with Gasteiger partial charge in [0.2, 0.25) is 0 Å². The summed E-state index contributed by atoms with van der Waals surface area (Å²) in [5, 5.41) is 6.93. The number of fused-ring (bicyclic) bond motifs is 2. The topological polar surface area (TPSA) is 45.1 Å². The van der Waals surface area contributed by atoms with Crippen LogP contribution in [0.1, 0.15) is 36.4 Å². The fourth-order valence-electron chi connectivity index (χ4n) is 4.46. The summed E-state index contributed by atoms with van der Waals surface area (Å²) in [6, 6.07) is 16.8. The van der Waals surface area contributed by atoms with Crippen LogP contribution in [0.4, 0.5) is 0 Å². The minimum atomic E-state index is 0.526. The number of aromatic nitrogens is 2. The van der Waals surface area contributed by atoms with Gasteiger partial charge in [-0.05, 0) is 69.1 Å². The highest BCUT2D eigenvalue weighted by molar-refractivity contribution is 5.83. The molecule has 1 saturated heterocycles. The third kappa shape index (κ3) is 3.26. The molecule has 1 fully saturated rings. The first kappa shape index (κ1) is 16.6. The second kappa shape index (κ2) is 7.20. The van der Waals surface area contributed by atoms with Gasteiger partial charge in [0.25, 0.3) is 0 Å². The van der Waals surface area contributed by atoms with Crippen molar-refractivity contribution in [1.82, 2.24) is 15.0 Å². The van der Waals surface area contributed by atoms with Crippen LogP contribution >= 0.6 is 0 Å². The molecular weight excluding hydrogens is 334 g/mol. The number of rotatable bonds is 5. The van der Waals surface area contributed by atoms with Crippen molar-refractivity contribution in [2.24, 2.45) is 0 Å². The summed E-state index contributed by atoms with van der Waals surface area (Å²) in [4.78, 5) is 5.99. The number of nitrogens with one attached hydrogen (secondary N) is 1. The van der Waals surface area contributed by atoms with E-state index in [1.54, 1.807) is 0 Å². The highest BCUT2D eigenvalue weighted by Crippen LogP contribution is 2.32. The van der Waals surface area contributed by atoms with Gasteiger partial charge in [-0.2, -0.15) is 0 Å². The van der Waals surface area contributed by atoms with Crippen LogP contribution in [0, 0.1) is 0 Å². The summed E-state index contributed by atoms with van der Waals surface area (Å²) < 4.78 is 5.50. The fraction of sp³-hybridized carbons (Fsp3) is 0.348. The Bertz CT molecular complexity index is 1040. The van der Waals surface area contributed by atoms with E-state index >= 15 is 0 Å². The van der Waals surface area contributed by atoms with Crippen LogP contribution in [0.5, 0.6) is 0 Å². The maximum atomic E-state index is 5.50. The molecular formula is C23H25N3O. The number of H-pyrrole nitrogens is 1. The molecule has 0 atom stereocenters. The van der Waals surface area contributed by atoms with E-state index in [1.807, 2.05) is 12.1 Å². The second-order valence-electron chi connectivity index (χ2n) is 7.64. The van der Waals surface area contributed by atoms with Gasteiger partial charge >= 0.3 is 0 Å². The summed E-state index contributed by atoms with van der Waals surface area (Å²) in [6.45, 7) is 3.48. The van der Waals surface area contributed by atoms with Crippen molar-refractivity contribution in [3.63, 3.8) is 0 Å². The standard InChI is InChI=1S/C23H25N3O/c1-3-9-21-19(7-1)18(16-24-21)6-5-13-26-14-11-17(12-15-26)23-20-8-2-4-10-22(20)27-25-23/h1-4,7-10,16-17,24H,5-6,11-15H2. The van der Waals surface area contributed by atoms with Gasteiger partial charge in [-0.3, -0.25) is 0 Å². The Labute approximate surface area is 159 Å². The molecule has 0 spiro atoms. The molecule has 5 rings (SSSR count). The van der Waals surface area contributed by atoms with Crippen LogP contribution in [0.15, 0.2) is 59.3 Å². The van der Waals surface area contributed by atoms with Crippen molar-refractivity contribution in [1.29, 1.82) is 0 Å². The number of hydrogen-bond donors (Lipinski definition) is 1. The highest BCUT2D eigenvalue weighted by atomic mass is 16.5. The Morgan fingerprint density at radius 2 is 1.78 bits per heavy atom. The Morgan fingerprint density at radius 1 is 1.00 bits per heavy atom. The zero-order valence-corrected chi connectivity index (χ0v) is 15.5. The van der Waals surface area contributed by atoms with Gasteiger partial charge < -0.3 is 14.4 Å². The molecule has 2 aromatic heterocycles. The molecule has 0 amide bonds. The molecule has 4 nitrogen and oxygen atoms in total. The molecule has 0 saturated carbocycles. The molecule has 2 aromatic carbocycles. The van der Waals surface area contributed by atoms with Crippen molar-refractivity contribution in [3.05, 3.63) is 66.0 Å². The van der Waals surface area contributed by atoms with Gasteiger partial charge in [-0.25, -0.2) is 0 Å². The third-order valence-electron chi connectivity index (χ3n) is 5.98. The van der Waals surface area contributed by atoms with Crippen LogP contribution in [-0.4, -0.2) is 34.7 Å². The summed E-state index contributed by atoms with van der Waals surface area (Å²) in [5.74, 6) is 0.526. The first-order valence-corrected chi connectivity index (χ1v) is 10.00. The normalized spacial score (nSPS) is 16.4. The van der Waals surface area contributed by atoms with E-state index < -0.39 is 0 Å². The molecule has 0 radical (unpaired) electrons. The van der Waals surface area contributed by atoms with Gasteiger partial charge in [0.05, 0.1) is 5.69 Å². The number of aryl methyl sites for hydroxylation is 1. The average Bonchev–Trinajstić information content (AvgIpc) is 3.33. The van der Waals surface area contributed by atoms with Crippen molar-refractivity contribution in [2.75, 3.05) is 19.6 Å². The lowest BCUT2D eigenvalue weighted by Gasteiger charge is -2.31. The van der Waals surface area contributed by atoms with Crippen molar-refractivity contribution >= 4 is 21.9 Å². The lowest BCUT2D eigenvalue weighted by molar-refractivity contribution is 0.207. The molecule has 1 aliphatic heterocycles. The van der Waals surface area contributed by atoms with Gasteiger partial charge in [0, 0.05) is 28.4 Å². The van der Waals surface area contributed by atoms with E-state index in [4.69, 9.17) is 4.52 Å². The number of likely N-dealkylation sites (tertiary alicyclic amines) is 1. The van der Waals surface area contributed by atoms with Crippen molar-refractivity contribution in [2.45, 2.75) is 31.6 Å². The number of hydrogen-bond acceptors (Lipinski definition) is 3. The summed E-state index contributed by atoms with van der Waals surface area (Å²) in [7, 11) is 0. The lowest BCUT2D eigenvalue weighted by Crippen LogP contribution is -2.34. The molecule has 1 N–H and O–H groups in total. The monoisotopic (exact) mass is 359 g/mol. The van der Waals surface area contributed by atoms with Crippen LogP contribution in [-0.2, 0) is 6.42 Å². The maximum Gasteiger partial charge on any atom is 0.167 e. The molecule has 0 bridgehead atoms. The quantitative estimate of drug-likeness (QED) is 0.538. The minimum absolute atomic E-state index is 0.526. The van der Waals surface area contributed by atoms with Crippen molar-refractivity contribution < 1.29 is 4.52 Å². The molecule has 1 aliphatic rings. The first-order valence-electron chi connectivity index (χ1n) is 10.00. The Hall–Kier alpha value is -2.59. The smallest absolute Gasteiger partial charge is 0.167 e. The molecule has 4 aromatic rings. The second-order valence-corrected chi connectivity index (χ2v) is 7.64. The number of para-hydroxylation sites is 2. The van der Waals surface area contributed by atoms with Crippen LogP contribution in [0.25, 0.3) is 21.9 Å². The number of benzene rings is 2. The molecule has 3 heterocycles. The molecule has 138 valence electrons. The molecule has 0 unspecified atom stereocenters. The fourth-order valence-corrected chi connectivity index (χ4v) is 4.46. The zero-order valence-electron chi connectivity index (χ0n) is 15.5. The maximum absolute atomic E-state index is 5.50. The SMILES string of the molecule is c1ccc2c(CCCN3CCC(c4noc5ccccc45)CC3)c[nH]c2c1. The summed E-state index contributed by atoms with van der Waals surface area (Å²) >= 11 is 0. The van der Waals surface area contributed by atoms with Gasteiger partial charge in [0.15, 0.2) is 5.58 Å². The number of aromatic amines is 1. The average molecular weight is 359 g/mol. The largest absolute Gasteiger partial charge is 0.361 e. The van der Waals surface area contributed by atoms with E-state index in [0.717, 1.165) is 30.8 Å². The summed E-state index contributed by atoms with van der Waals surface area (Å²) in [5.41, 5.74) is 4.75. The lowest BCUT2D eigenvalue weighted by atomic mass is 9.91. The Morgan fingerprint density at radius 3 is 2.67 bits per heavy atom. The first-order chi connectivity index (χ1) is 13.4. The summed E-state index contributed by atoms with van der Waals surface area (Å²) in [6.07, 6.45) is 6.86. The molecule has 4 heteroatoms. The molecule has 0 aliphatic carbocycles. The van der Waals surface area contributed by atoms with E-state index in [1.165, 1.54) is 47.7 Å². The third-order valence-corrected chi connectivity index (χ3v) is 5.98. The van der Waals surface area contributed by atoms with Crippen molar-refractivity contribution in [3.8, 4) is 0 Å². The minimum Gasteiger partial charge on any atom is -0.361 e. The van der Waals surface area contributed by atoms with Crippen LogP contribution in [0.2, 0.25) is 0 Å². The Balaban J connectivity index is 1.15. The van der Waals surface area contributed by atoms with E-state index in [0.29, 0.717) is 5.92 Å². The predicted molar refractivity (Wildman–Crippen MR) is 109 cm³/mol. The highest BCUT2D eigenvalue weighted by Gasteiger charge is 2.24. The van der Waals surface area contributed by atoms with E-state index in [9.17, 15) is 0 Å². The van der Waals surface area contributed by atoms with Crippen LogP contribution < -0.4 is 0 Å². The van der Waals surface area contributed by atoms with Gasteiger partial charge in [0.1, 0.15) is 0 Å². The zero-order chi connectivity index (χ0) is 18.1. The van der Waals surface area contributed by atoms with Gasteiger partial charge in [-0.1, -0.05) is 35.5 Å². The number of piperidine rings is 1. The van der Waals surface area contributed by atoms with E-state index in [-0.39, 0.29) is 0 Å². The van der Waals surface area contributed by atoms with Crippen LogP contribution in [0.3, 0.4) is 0 Å². The number of nitrogens with zero attached hydrogens (tertiary/aromatic N) is 2. The predicted octanol–water partition coefficient (Wildman–Crippen LogP) is 5.12. The van der Waals surface area contributed by atoms with Gasteiger partial charge in [-0.15, -0.1) is 0 Å². The molecule has 27 heavy (non-hydrogen) atoms. The van der Waals surface area contributed by atoms with E-state index in [2.05, 4.69) is 57.6 Å².